The molecule has 5 heteroatoms. The van der Waals surface area contributed by atoms with Crippen molar-refractivity contribution in [3.8, 4) is 11.5 Å². The van der Waals surface area contributed by atoms with Crippen LogP contribution in [0, 0.1) is 11.8 Å². The van der Waals surface area contributed by atoms with E-state index in [1.54, 1.807) is 0 Å². The molecule has 0 spiro atoms. The van der Waals surface area contributed by atoms with Crippen molar-refractivity contribution in [2.45, 2.75) is 38.6 Å². The monoisotopic (exact) mass is 331 g/mol. The zero-order valence-electron chi connectivity index (χ0n) is 14.2. The smallest absolute Gasteiger partial charge is 0.275 e. The molecule has 4 rings (SSSR count). The normalized spacial score (nSPS) is 28.2. The van der Waals surface area contributed by atoms with Crippen molar-refractivity contribution < 1.29 is 19.2 Å². The SMILES string of the molecule is O=C(C[NH+]1CC[C@@H]2CCCC[C@@H]2C1)NCc1ccc2c(c1)OCO2. The molecule has 24 heavy (non-hydrogen) atoms. The zero-order chi connectivity index (χ0) is 16.4. The average Bonchev–Trinajstić information content (AvgIpc) is 3.07. The van der Waals surface area contributed by atoms with E-state index in [-0.39, 0.29) is 12.7 Å². The summed E-state index contributed by atoms with van der Waals surface area (Å²) in [6, 6.07) is 5.83. The Morgan fingerprint density at radius 3 is 2.88 bits per heavy atom. The number of fused-ring (bicyclic) bond motifs is 2. The number of quaternary nitrogens is 1. The molecule has 0 bridgehead atoms. The fourth-order valence-electron chi connectivity index (χ4n) is 4.50. The molecule has 1 saturated carbocycles. The second-order valence-electron chi connectivity index (χ2n) is 7.44. The van der Waals surface area contributed by atoms with Crippen molar-refractivity contribution in [2.24, 2.45) is 11.8 Å². The van der Waals surface area contributed by atoms with E-state index in [4.69, 9.17) is 9.47 Å². The Morgan fingerprint density at radius 1 is 1.12 bits per heavy atom. The number of ether oxygens (including phenoxy) is 2. The molecular weight excluding hydrogens is 304 g/mol. The molecule has 3 aliphatic rings. The van der Waals surface area contributed by atoms with Crippen LogP contribution in [0.25, 0.3) is 0 Å². The molecular formula is C19H27N2O3+. The van der Waals surface area contributed by atoms with Gasteiger partial charge in [0.15, 0.2) is 18.0 Å². The second kappa shape index (κ2) is 7.01. The molecule has 1 unspecified atom stereocenters. The number of rotatable bonds is 4. The number of carbonyl (C=O) groups is 1. The van der Waals surface area contributed by atoms with E-state index in [0.29, 0.717) is 13.1 Å². The first-order chi connectivity index (χ1) is 11.8. The molecule has 1 aromatic carbocycles. The Balaban J connectivity index is 1.25. The van der Waals surface area contributed by atoms with Crippen molar-refractivity contribution in [3.63, 3.8) is 0 Å². The minimum absolute atomic E-state index is 0.150. The summed E-state index contributed by atoms with van der Waals surface area (Å²) in [5.41, 5.74) is 1.05. The van der Waals surface area contributed by atoms with E-state index < -0.39 is 0 Å². The molecule has 0 aromatic heterocycles. The molecule has 2 heterocycles. The Morgan fingerprint density at radius 2 is 1.96 bits per heavy atom. The summed E-state index contributed by atoms with van der Waals surface area (Å²) < 4.78 is 10.7. The Labute approximate surface area is 143 Å². The van der Waals surface area contributed by atoms with E-state index in [1.807, 2.05) is 18.2 Å². The average molecular weight is 331 g/mol. The lowest BCUT2D eigenvalue weighted by atomic mass is 9.75. The number of benzene rings is 1. The van der Waals surface area contributed by atoms with Crippen LogP contribution in [0.5, 0.6) is 11.5 Å². The molecule has 1 aromatic rings. The minimum Gasteiger partial charge on any atom is -0.454 e. The van der Waals surface area contributed by atoms with Crippen LogP contribution in [-0.2, 0) is 11.3 Å². The van der Waals surface area contributed by atoms with Gasteiger partial charge in [-0.15, -0.1) is 0 Å². The highest BCUT2D eigenvalue weighted by molar-refractivity contribution is 5.76. The van der Waals surface area contributed by atoms with Gasteiger partial charge in [0, 0.05) is 12.5 Å². The zero-order valence-corrected chi connectivity index (χ0v) is 14.2. The first-order valence-electron chi connectivity index (χ1n) is 9.27. The summed E-state index contributed by atoms with van der Waals surface area (Å²) >= 11 is 0. The highest BCUT2D eigenvalue weighted by Crippen LogP contribution is 2.33. The Bertz CT molecular complexity index is 604. The second-order valence-corrected chi connectivity index (χ2v) is 7.44. The molecule has 0 radical (unpaired) electrons. The summed E-state index contributed by atoms with van der Waals surface area (Å²) in [6.45, 7) is 3.77. The van der Waals surface area contributed by atoms with Crippen LogP contribution in [0.4, 0.5) is 0 Å². The summed E-state index contributed by atoms with van der Waals surface area (Å²) in [5, 5.41) is 3.05. The standard InChI is InChI=1S/C19H26N2O3/c22-19(12-21-8-7-15-3-1-2-4-16(15)11-21)20-10-14-5-6-17-18(9-14)24-13-23-17/h5-6,9,15-16H,1-4,7-8,10-13H2,(H,20,22)/p+1/t15-,16+/m0/s1. The summed E-state index contributed by atoms with van der Waals surface area (Å²) in [5.74, 6) is 3.48. The molecule has 1 amide bonds. The van der Waals surface area contributed by atoms with E-state index in [0.717, 1.165) is 35.4 Å². The predicted molar refractivity (Wildman–Crippen MR) is 90.0 cm³/mol. The highest BCUT2D eigenvalue weighted by Gasteiger charge is 2.34. The van der Waals surface area contributed by atoms with E-state index >= 15 is 0 Å². The molecule has 1 saturated heterocycles. The molecule has 130 valence electrons. The lowest BCUT2D eigenvalue weighted by Crippen LogP contribution is -3.15. The molecule has 2 aliphatic heterocycles. The molecule has 1 aliphatic carbocycles. The van der Waals surface area contributed by atoms with E-state index in [9.17, 15) is 4.79 Å². The number of piperidine rings is 1. The first kappa shape index (κ1) is 15.8. The maximum atomic E-state index is 12.3. The van der Waals surface area contributed by atoms with Crippen molar-refractivity contribution in [3.05, 3.63) is 23.8 Å². The summed E-state index contributed by atoms with van der Waals surface area (Å²) in [7, 11) is 0. The van der Waals surface area contributed by atoms with Crippen LogP contribution < -0.4 is 19.7 Å². The Kier molecular flexibility index (Phi) is 4.60. The molecule has 3 atom stereocenters. The van der Waals surface area contributed by atoms with Crippen LogP contribution in [0.1, 0.15) is 37.7 Å². The van der Waals surface area contributed by atoms with Crippen molar-refractivity contribution in [1.82, 2.24) is 5.32 Å². The third-order valence-electron chi connectivity index (χ3n) is 5.82. The van der Waals surface area contributed by atoms with Gasteiger partial charge in [0.1, 0.15) is 0 Å². The fourth-order valence-corrected chi connectivity index (χ4v) is 4.50. The quantitative estimate of drug-likeness (QED) is 0.870. The number of hydrogen-bond donors (Lipinski definition) is 2. The van der Waals surface area contributed by atoms with Crippen LogP contribution in [-0.4, -0.2) is 32.3 Å². The van der Waals surface area contributed by atoms with Crippen molar-refractivity contribution >= 4 is 5.91 Å². The van der Waals surface area contributed by atoms with Crippen LogP contribution in [0.3, 0.4) is 0 Å². The number of hydrogen-bond acceptors (Lipinski definition) is 3. The minimum atomic E-state index is 0.150. The molecule has 2 N–H and O–H groups in total. The van der Waals surface area contributed by atoms with Gasteiger partial charge in [0.25, 0.3) is 5.91 Å². The van der Waals surface area contributed by atoms with Gasteiger partial charge >= 0.3 is 0 Å². The van der Waals surface area contributed by atoms with Crippen LogP contribution >= 0.6 is 0 Å². The number of amides is 1. The van der Waals surface area contributed by atoms with Gasteiger partial charge in [-0.25, -0.2) is 0 Å². The Hall–Kier alpha value is -1.75. The lowest BCUT2D eigenvalue weighted by molar-refractivity contribution is -0.902. The van der Waals surface area contributed by atoms with Gasteiger partial charge in [-0.1, -0.05) is 18.9 Å². The fraction of sp³-hybridized carbons (Fsp3) is 0.632. The van der Waals surface area contributed by atoms with Gasteiger partial charge < -0.3 is 19.7 Å². The van der Waals surface area contributed by atoms with Gasteiger partial charge in [-0.3, -0.25) is 4.79 Å². The largest absolute Gasteiger partial charge is 0.454 e. The van der Waals surface area contributed by atoms with Crippen molar-refractivity contribution in [2.75, 3.05) is 26.4 Å². The first-order valence-corrected chi connectivity index (χ1v) is 9.27. The van der Waals surface area contributed by atoms with Crippen LogP contribution in [0.15, 0.2) is 18.2 Å². The third kappa shape index (κ3) is 3.51. The van der Waals surface area contributed by atoms with Gasteiger partial charge in [0.05, 0.1) is 13.1 Å². The predicted octanol–water partition coefficient (Wildman–Crippen LogP) is 1.13. The van der Waals surface area contributed by atoms with Crippen LogP contribution in [0.2, 0.25) is 0 Å². The topological polar surface area (TPSA) is 52.0 Å². The maximum Gasteiger partial charge on any atom is 0.275 e. The highest BCUT2D eigenvalue weighted by atomic mass is 16.7. The summed E-state index contributed by atoms with van der Waals surface area (Å²) in [4.78, 5) is 13.8. The number of carbonyl (C=O) groups excluding carboxylic acids is 1. The lowest BCUT2D eigenvalue weighted by Gasteiger charge is -2.38. The summed E-state index contributed by atoms with van der Waals surface area (Å²) in [6.07, 6.45) is 6.87. The van der Waals surface area contributed by atoms with Gasteiger partial charge in [0.2, 0.25) is 6.79 Å². The van der Waals surface area contributed by atoms with Gasteiger partial charge in [-0.05, 0) is 42.9 Å². The van der Waals surface area contributed by atoms with Gasteiger partial charge in [-0.2, -0.15) is 0 Å². The number of nitrogens with one attached hydrogen (secondary N) is 2. The molecule has 5 nitrogen and oxygen atoms in total. The molecule has 2 fully saturated rings. The third-order valence-corrected chi connectivity index (χ3v) is 5.82. The van der Waals surface area contributed by atoms with E-state index in [1.165, 1.54) is 43.5 Å². The number of likely N-dealkylation sites (tertiary alicyclic amines) is 1. The van der Waals surface area contributed by atoms with Crippen molar-refractivity contribution in [1.29, 1.82) is 0 Å². The maximum absolute atomic E-state index is 12.3. The van der Waals surface area contributed by atoms with E-state index in [2.05, 4.69) is 5.32 Å².